The largest absolute Gasteiger partial charge is 0.494 e. The van der Waals surface area contributed by atoms with E-state index in [-0.39, 0.29) is 5.78 Å². The van der Waals surface area contributed by atoms with E-state index in [4.69, 9.17) is 4.74 Å². The van der Waals surface area contributed by atoms with Crippen LogP contribution in [0.15, 0.2) is 36.4 Å². The van der Waals surface area contributed by atoms with Crippen molar-refractivity contribution in [1.29, 1.82) is 0 Å². The van der Waals surface area contributed by atoms with Crippen molar-refractivity contribution in [2.45, 2.75) is 26.7 Å². The van der Waals surface area contributed by atoms with Gasteiger partial charge in [0.15, 0.2) is 5.78 Å². The van der Waals surface area contributed by atoms with Gasteiger partial charge in [0.25, 0.3) is 0 Å². The van der Waals surface area contributed by atoms with Crippen molar-refractivity contribution in [1.82, 2.24) is 0 Å². The summed E-state index contributed by atoms with van der Waals surface area (Å²) in [5.74, 6) is 0.798. The maximum Gasteiger partial charge on any atom is 0.188 e. The lowest BCUT2D eigenvalue weighted by Gasteiger charge is -2.06. The zero-order valence-corrected chi connectivity index (χ0v) is 9.95. The van der Waals surface area contributed by atoms with Gasteiger partial charge in [-0.2, -0.15) is 0 Å². The molecule has 0 aliphatic carbocycles. The van der Waals surface area contributed by atoms with Gasteiger partial charge >= 0.3 is 0 Å². The van der Waals surface area contributed by atoms with Crippen LogP contribution >= 0.6 is 0 Å². The minimum absolute atomic E-state index is 0.0138. The number of unbranched alkanes of at least 4 members (excludes halogenated alkanes) is 1. The fraction of sp³-hybridized carbons (Fsp3) is 0.357. The first-order chi connectivity index (χ1) is 7.65. The lowest BCUT2D eigenvalue weighted by molar-refractivity contribution is 0.103. The quantitative estimate of drug-likeness (QED) is 0.414. The summed E-state index contributed by atoms with van der Waals surface area (Å²) in [4.78, 5) is 11.6. The molecule has 0 aliphatic rings. The zero-order chi connectivity index (χ0) is 12.0. The van der Waals surface area contributed by atoms with E-state index in [0.29, 0.717) is 11.1 Å². The third kappa shape index (κ3) is 3.54. The summed E-state index contributed by atoms with van der Waals surface area (Å²) in [6, 6.07) is 7.20. The monoisotopic (exact) mass is 218 g/mol. The molecule has 0 atom stereocenters. The molecular formula is C14H18O2. The van der Waals surface area contributed by atoms with Crippen molar-refractivity contribution in [3.63, 3.8) is 0 Å². The summed E-state index contributed by atoms with van der Waals surface area (Å²) in [5, 5.41) is 0. The fourth-order valence-electron chi connectivity index (χ4n) is 1.28. The van der Waals surface area contributed by atoms with E-state index in [1.54, 1.807) is 19.1 Å². The summed E-state index contributed by atoms with van der Waals surface area (Å²) in [6.07, 6.45) is 2.17. The van der Waals surface area contributed by atoms with Crippen LogP contribution in [0.4, 0.5) is 0 Å². The third-order valence-corrected chi connectivity index (χ3v) is 2.27. The lowest BCUT2D eigenvalue weighted by atomic mass is 10.1. The van der Waals surface area contributed by atoms with Crippen LogP contribution in [0.1, 0.15) is 37.0 Å². The second-order valence-corrected chi connectivity index (χ2v) is 3.84. The summed E-state index contributed by atoms with van der Waals surface area (Å²) >= 11 is 0. The van der Waals surface area contributed by atoms with Gasteiger partial charge < -0.3 is 4.74 Å². The first kappa shape index (κ1) is 12.5. The predicted molar refractivity (Wildman–Crippen MR) is 66.0 cm³/mol. The van der Waals surface area contributed by atoms with Crippen LogP contribution in [-0.2, 0) is 0 Å². The molecule has 0 spiro atoms. The molecule has 0 saturated heterocycles. The molecule has 0 bridgehead atoms. The number of ketones is 1. The third-order valence-electron chi connectivity index (χ3n) is 2.27. The number of benzene rings is 1. The van der Waals surface area contributed by atoms with Crippen LogP contribution in [-0.4, -0.2) is 12.4 Å². The van der Waals surface area contributed by atoms with E-state index in [9.17, 15) is 4.79 Å². The van der Waals surface area contributed by atoms with Crippen LogP contribution in [0.3, 0.4) is 0 Å². The molecule has 1 aromatic carbocycles. The maximum atomic E-state index is 11.6. The smallest absolute Gasteiger partial charge is 0.188 e. The molecule has 0 aromatic heterocycles. The molecule has 1 aromatic rings. The van der Waals surface area contributed by atoms with Gasteiger partial charge in [0.1, 0.15) is 5.75 Å². The Balaban J connectivity index is 2.61. The Kier molecular flexibility index (Phi) is 4.77. The first-order valence-electron chi connectivity index (χ1n) is 5.58. The standard InChI is InChI=1S/C14H18O2/c1-4-5-10-16-13-8-6-12(7-9-13)14(15)11(2)3/h6-9H,2,4-5,10H2,1,3H3. The summed E-state index contributed by atoms with van der Waals surface area (Å²) < 4.78 is 5.51. The normalized spacial score (nSPS) is 9.88. The number of Topliss-reactive ketones (excluding diaryl/α,β-unsaturated/α-hetero) is 1. The Morgan fingerprint density at radius 2 is 1.94 bits per heavy atom. The Morgan fingerprint density at radius 1 is 1.31 bits per heavy atom. The average molecular weight is 218 g/mol. The van der Waals surface area contributed by atoms with Gasteiger partial charge in [-0.1, -0.05) is 19.9 Å². The van der Waals surface area contributed by atoms with E-state index < -0.39 is 0 Å². The minimum atomic E-state index is -0.0138. The average Bonchev–Trinajstić information content (AvgIpc) is 2.29. The van der Waals surface area contributed by atoms with E-state index in [1.807, 2.05) is 12.1 Å². The number of rotatable bonds is 6. The summed E-state index contributed by atoms with van der Waals surface area (Å²) in [7, 11) is 0. The molecule has 86 valence electrons. The molecule has 2 heteroatoms. The van der Waals surface area contributed by atoms with Gasteiger partial charge in [0.05, 0.1) is 6.61 Å². The second-order valence-electron chi connectivity index (χ2n) is 3.84. The van der Waals surface area contributed by atoms with Gasteiger partial charge in [-0.15, -0.1) is 0 Å². The summed E-state index contributed by atoms with van der Waals surface area (Å²) in [5.41, 5.74) is 1.22. The Bertz CT molecular complexity index is 363. The molecule has 0 unspecified atom stereocenters. The van der Waals surface area contributed by atoms with E-state index in [0.717, 1.165) is 25.2 Å². The topological polar surface area (TPSA) is 26.3 Å². The van der Waals surface area contributed by atoms with Gasteiger partial charge in [-0.05, 0) is 43.2 Å². The van der Waals surface area contributed by atoms with E-state index in [1.165, 1.54) is 0 Å². The molecule has 0 amide bonds. The Labute approximate surface area is 96.9 Å². The number of hydrogen-bond donors (Lipinski definition) is 0. The predicted octanol–water partition coefficient (Wildman–Crippen LogP) is 3.62. The minimum Gasteiger partial charge on any atom is -0.494 e. The van der Waals surface area contributed by atoms with Gasteiger partial charge in [0, 0.05) is 5.56 Å². The fourth-order valence-corrected chi connectivity index (χ4v) is 1.28. The van der Waals surface area contributed by atoms with Crippen molar-refractivity contribution in [2.24, 2.45) is 0 Å². The molecule has 2 nitrogen and oxygen atoms in total. The number of ether oxygens (including phenoxy) is 1. The molecule has 0 fully saturated rings. The highest BCUT2D eigenvalue weighted by Gasteiger charge is 2.05. The van der Waals surface area contributed by atoms with Crippen molar-refractivity contribution in [2.75, 3.05) is 6.61 Å². The highest BCUT2D eigenvalue weighted by atomic mass is 16.5. The van der Waals surface area contributed by atoms with Gasteiger partial charge in [-0.3, -0.25) is 4.79 Å². The van der Waals surface area contributed by atoms with Crippen LogP contribution in [0, 0.1) is 0 Å². The highest BCUT2D eigenvalue weighted by Crippen LogP contribution is 2.14. The first-order valence-corrected chi connectivity index (χ1v) is 5.58. The molecule has 1 rings (SSSR count). The Morgan fingerprint density at radius 3 is 2.44 bits per heavy atom. The summed E-state index contributed by atoms with van der Waals surface area (Å²) in [6.45, 7) is 8.20. The van der Waals surface area contributed by atoms with Gasteiger partial charge in [0.2, 0.25) is 0 Å². The molecule has 0 N–H and O–H groups in total. The van der Waals surface area contributed by atoms with Crippen LogP contribution < -0.4 is 4.74 Å². The molecular weight excluding hydrogens is 200 g/mol. The SMILES string of the molecule is C=C(C)C(=O)c1ccc(OCCCC)cc1. The molecule has 16 heavy (non-hydrogen) atoms. The van der Waals surface area contributed by atoms with Crippen molar-refractivity contribution >= 4 is 5.78 Å². The van der Waals surface area contributed by atoms with Crippen molar-refractivity contribution in [3.8, 4) is 5.75 Å². The second kappa shape index (κ2) is 6.11. The highest BCUT2D eigenvalue weighted by molar-refractivity contribution is 6.07. The van der Waals surface area contributed by atoms with Crippen LogP contribution in [0.5, 0.6) is 5.75 Å². The molecule has 0 radical (unpaired) electrons. The number of carbonyl (C=O) groups is 1. The number of hydrogen-bond acceptors (Lipinski definition) is 2. The molecule has 0 saturated carbocycles. The van der Waals surface area contributed by atoms with E-state index in [2.05, 4.69) is 13.5 Å². The molecule has 0 aliphatic heterocycles. The lowest BCUT2D eigenvalue weighted by Crippen LogP contribution is -2.00. The van der Waals surface area contributed by atoms with Crippen molar-refractivity contribution in [3.05, 3.63) is 42.0 Å². The Hall–Kier alpha value is -1.57. The number of carbonyl (C=O) groups excluding carboxylic acids is 1. The number of allylic oxidation sites excluding steroid dienone is 1. The van der Waals surface area contributed by atoms with Crippen LogP contribution in [0.2, 0.25) is 0 Å². The molecule has 0 heterocycles. The van der Waals surface area contributed by atoms with Gasteiger partial charge in [-0.25, -0.2) is 0 Å². The zero-order valence-electron chi connectivity index (χ0n) is 9.95. The van der Waals surface area contributed by atoms with Crippen molar-refractivity contribution < 1.29 is 9.53 Å². The van der Waals surface area contributed by atoms with Crippen LogP contribution in [0.25, 0.3) is 0 Å². The van der Waals surface area contributed by atoms with E-state index >= 15 is 0 Å². The maximum absolute atomic E-state index is 11.6.